The second-order valence-corrected chi connectivity index (χ2v) is 8.09. The number of nitrogens with zero attached hydrogens (tertiary/aromatic N) is 2. The summed E-state index contributed by atoms with van der Waals surface area (Å²) in [6.07, 6.45) is 3.25. The molecule has 0 bridgehead atoms. The van der Waals surface area contributed by atoms with Gasteiger partial charge in [-0.05, 0) is 60.0 Å². The number of rotatable bonds is 10. The summed E-state index contributed by atoms with van der Waals surface area (Å²) in [4.78, 5) is 20.5. The van der Waals surface area contributed by atoms with Crippen LogP contribution in [0.25, 0.3) is 15.7 Å². The molecule has 0 fully saturated rings. The van der Waals surface area contributed by atoms with Gasteiger partial charge in [0.15, 0.2) is 0 Å². The summed E-state index contributed by atoms with van der Waals surface area (Å²) < 4.78 is 17.0. The number of hydrogen-bond donors (Lipinski definition) is 0. The molecule has 3 aromatic carbocycles. The van der Waals surface area contributed by atoms with Crippen molar-refractivity contribution in [3.05, 3.63) is 95.5 Å². The summed E-state index contributed by atoms with van der Waals surface area (Å²) in [5, 5.41) is 0.737. The lowest BCUT2D eigenvalue weighted by molar-refractivity contribution is -0.117. The van der Waals surface area contributed by atoms with E-state index in [0.29, 0.717) is 47.9 Å². The van der Waals surface area contributed by atoms with Gasteiger partial charge in [-0.1, -0.05) is 31.2 Å². The predicted molar refractivity (Wildman–Crippen MR) is 136 cm³/mol. The van der Waals surface area contributed by atoms with Crippen molar-refractivity contribution < 1.29 is 19.0 Å². The molecule has 4 aromatic rings. The number of methoxy groups -OCH3 is 1. The van der Waals surface area contributed by atoms with Gasteiger partial charge in [0.1, 0.15) is 28.8 Å². The van der Waals surface area contributed by atoms with Crippen LogP contribution in [0.3, 0.4) is 0 Å². The van der Waals surface area contributed by atoms with E-state index < -0.39 is 0 Å². The highest BCUT2D eigenvalue weighted by molar-refractivity contribution is 5.91. The number of benzene rings is 3. The molecule has 0 saturated heterocycles. The van der Waals surface area contributed by atoms with Crippen molar-refractivity contribution in [1.29, 1.82) is 0 Å². The van der Waals surface area contributed by atoms with Crippen LogP contribution in [0.5, 0.6) is 23.0 Å². The van der Waals surface area contributed by atoms with Gasteiger partial charge in [0.25, 0.3) is 0 Å². The summed E-state index contributed by atoms with van der Waals surface area (Å²) >= 11 is 0. The number of hydrogen-bond acceptors (Lipinski definition) is 5. The summed E-state index contributed by atoms with van der Waals surface area (Å²) in [5.41, 5.74) is 3.00. The maximum atomic E-state index is 12.5. The Bertz CT molecular complexity index is 1360. The number of Topliss-reactive ketones (excluding diaryl/α,β-unsaturated/α-hetero) is 1. The highest BCUT2D eigenvalue weighted by atomic mass is 16.5. The van der Waals surface area contributed by atoms with E-state index in [9.17, 15) is 4.79 Å². The second kappa shape index (κ2) is 11.2. The van der Waals surface area contributed by atoms with Gasteiger partial charge in [0.05, 0.1) is 25.8 Å². The molecule has 176 valence electrons. The quantitative estimate of drug-likeness (QED) is 0.243. The minimum absolute atomic E-state index is 0.136. The van der Waals surface area contributed by atoms with Crippen molar-refractivity contribution >= 4 is 22.4 Å². The Morgan fingerprint density at radius 3 is 2.17 bits per heavy atom. The third-order valence-electron chi connectivity index (χ3n) is 5.48. The topological polar surface area (TPSA) is 62.0 Å². The van der Waals surface area contributed by atoms with Gasteiger partial charge in [-0.3, -0.25) is 9.78 Å². The molecule has 35 heavy (non-hydrogen) atoms. The van der Waals surface area contributed by atoms with Gasteiger partial charge in [-0.15, -0.1) is 0 Å². The summed E-state index contributed by atoms with van der Waals surface area (Å²) in [6, 6.07) is 20.3. The molecule has 6 nitrogen and oxygen atoms in total. The molecule has 0 atom stereocenters. The van der Waals surface area contributed by atoms with Crippen LogP contribution in [0.2, 0.25) is 0 Å². The van der Waals surface area contributed by atoms with E-state index in [1.165, 1.54) is 0 Å². The number of ether oxygens (including phenoxy) is 3. The molecule has 6 heteroatoms. The van der Waals surface area contributed by atoms with Crippen LogP contribution in [-0.2, 0) is 17.6 Å². The Balaban J connectivity index is 1.45. The second-order valence-electron chi connectivity index (χ2n) is 8.09. The van der Waals surface area contributed by atoms with Crippen molar-refractivity contribution in [3.8, 4) is 23.0 Å². The maximum absolute atomic E-state index is 12.5. The summed E-state index contributed by atoms with van der Waals surface area (Å²) in [7, 11) is 1.62. The minimum Gasteiger partial charge on any atom is -0.505 e. The number of carbonyl (C=O) groups excluding carboxylic acids is 1. The molecule has 0 radical (unpaired) electrons. The summed E-state index contributed by atoms with van der Waals surface area (Å²) in [5.74, 6) is 2.68. The van der Waals surface area contributed by atoms with Crippen molar-refractivity contribution in [1.82, 2.24) is 4.98 Å². The zero-order chi connectivity index (χ0) is 24.6. The molecule has 0 aliphatic heterocycles. The average Bonchev–Trinajstić information content (AvgIpc) is 2.88. The molecule has 0 aliphatic carbocycles. The van der Waals surface area contributed by atoms with Crippen LogP contribution in [0.1, 0.15) is 24.5 Å². The van der Waals surface area contributed by atoms with Crippen molar-refractivity contribution in [2.75, 3.05) is 13.7 Å². The van der Waals surface area contributed by atoms with Crippen LogP contribution >= 0.6 is 0 Å². The average molecular weight is 467 g/mol. The minimum atomic E-state index is 0.136. The Morgan fingerprint density at radius 1 is 0.914 bits per heavy atom. The Labute approximate surface area is 204 Å². The van der Waals surface area contributed by atoms with Crippen LogP contribution < -0.4 is 14.2 Å². The monoisotopic (exact) mass is 466 g/mol. The number of ketones is 1. The number of aromatic nitrogens is 1. The van der Waals surface area contributed by atoms with Gasteiger partial charge in [0, 0.05) is 24.4 Å². The van der Waals surface area contributed by atoms with Gasteiger partial charge in [0.2, 0.25) is 5.69 Å². The normalized spacial score (nSPS) is 10.5. The fourth-order valence-corrected chi connectivity index (χ4v) is 3.70. The van der Waals surface area contributed by atoms with E-state index >= 15 is 0 Å². The third-order valence-corrected chi connectivity index (χ3v) is 5.48. The molecule has 0 N–H and O–H groups in total. The lowest BCUT2D eigenvalue weighted by atomic mass is 10.0. The largest absolute Gasteiger partial charge is 0.505 e. The summed E-state index contributed by atoms with van der Waals surface area (Å²) in [6.45, 7) is 10.1. The van der Waals surface area contributed by atoms with E-state index in [1.807, 2.05) is 55.5 Å². The molecule has 1 aromatic heterocycles. The van der Waals surface area contributed by atoms with Crippen LogP contribution in [0.15, 0.2) is 72.9 Å². The van der Waals surface area contributed by atoms with Gasteiger partial charge in [-0.2, -0.15) is 0 Å². The lowest BCUT2D eigenvalue weighted by Crippen LogP contribution is -2.06. The fraction of sp³-hybridized carbons (Fsp3) is 0.207. The van der Waals surface area contributed by atoms with Gasteiger partial charge >= 0.3 is 0 Å². The van der Waals surface area contributed by atoms with Crippen molar-refractivity contribution in [2.45, 2.75) is 26.2 Å². The number of pyridine rings is 1. The number of fused-ring (bicyclic) bond motifs is 1. The molecule has 0 aliphatic rings. The van der Waals surface area contributed by atoms with Gasteiger partial charge < -0.3 is 14.2 Å². The molecular weight excluding hydrogens is 440 g/mol. The van der Waals surface area contributed by atoms with Crippen molar-refractivity contribution in [2.24, 2.45) is 0 Å². The van der Waals surface area contributed by atoms with Crippen LogP contribution in [-0.4, -0.2) is 24.5 Å². The smallest absolute Gasteiger partial charge is 0.229 e. The first-order valence-electron chi connectivity index (χ1n) is 11.4. The van der Waals surface area contributed by atoms with Crippen LogP contribution in [0, 0.1) is 6.57 Å². The molecule has 0 unspecified atom stereocenters. The maximum Gasteiger partial charge on any atom is 0.229 e. The SMILES string of the molecule is [C-]#[N+]c1cc2c(Oc3ccc(CC(=O)Cc4ccc(OC)cc4)cc3)ccnc2cc1OCCC. The zero-order valence-electron chi connectivity index (χ0n) is 19.8. The zero-order valence-corrected chi connectivity index (χ0v) is 19.8. The Morgan fingerprint density at radius 2 is 1.57 bits per heavy atom. The first kappa shape index (κ1) is 23.8. The van der Waals surface area contributed by atoms with E-state index in [4.69, 9.17) is 20.8 Å². The van der Waals surface area contributed by atoms with Crippen LogP contribution in [0.4, 0.5) is 5.69 Å². The first-order chi connectivity index (χ1) is 17.1. The highest BCUT2D eigenvalue weighted by Gasteiger charge is 2.12. The molecule has 4 rings (SSSR count). The van der Waals surface area contributed by atoms with E-state index in [2.05, 4.69) is 9.83 Å². The Hall–Kier alpha value is -4.37. The Kier molecular flexibility index (Phi) is 7.59. The lowest BCUT2D eigenvalue weighted by Gasteiger charge is -2.12. The first-order valence-corrected chi connectivity index (χ1v) is 11.4. The molecule has 0 saturated carbocycles. The highest BCUT2D eigenvalue weighted by Crippen LogP contribution is 2.37. The molecule has 0 amide bonds. The predicted octanol–water partition coefficient (Wildman–Crippen LogP) is 6.73. The van der Waals surface area contributed by atoms with Gasteiger partial charge in [-0.25, -0.2) is 4.85 Å². The fourth-order valence-electron chi connectivity index (χ4n) is 3.70. The third kappa shape index (κ3) is 5.96. The van der Waals surface area contributed by atoms with E-state index in [-0.39, 0.29) is 5.78 Å². The van der Waals surface area contributed by atoms with E-state index in [0.717, 1.165) is 28.7 Å². The molecular formula is C29H26N2O4. The molecule has 1 heterocycles. The van der Waals surface area contributed by atoms with E-state index in [1.54, 1.807) is 31.5 Å². The molecule has 0 spiro atoms. The van der Waals surface area contributed by atoms with Crippen molar-refractivity contribution in [3.63, 3.8) is 0 Å². The number of carbonyl (C=O) groups is 1. The standard InChI is InChI=1S/C29H26N2O4/c1-4-15-34-29-19-26-25(18-27(29)30-2)28(13-14-31-26)35-24-11-7-21(8-12-24)17-22(32)16-20-5-9-23(33-3)10-6-20/h5-14,18-19H,4,15-17H2,1,3H3.